The molecular formula is C17H22N2O5S. The molecule has 1 rings (SSSR count). The number of nitrogens with one attached hydrogen (secondary N) is 1. The summed E-state index contributed by atoms with van der Waals surface area (Å²) in [7, 11) is -3.81. The molecule has 8 heteroatoms. The first-order valence-electron chi connectivity index (χ1n) is 7.71. The molecule has 0 saturated heterocycles. The molecule has 0 radical (unpaired) electrons. The lowest BCUT2D eigenvalue weighted by molar-refractivity contribution is -0.137. The van der Waals surface area contributed by atoms with Crippen molar-refractivity contribution in [3.63, 3.8) is 0 Å². The highest BCUT2D eigenvalue weighted by Gasteiger charge is 2.20. The van der Waals surface area contributed by atoms with Crippen LogP contribution in [0.15, 0.2) is 29.2 Å². The van der Waals surface area contributed by atoms with E-state index in [0.29, 0.717) is 6.54 Å². The van der Waals surface area contributed by atoms with Crippen molar-refractivity contribution in [2.45, 2.75) is 25.2 Å². The summed E-state index contributed by atoms with van der Waals surface area (Å²) >= 11 is 0. The molecule has 0 aliphatic rings. The van der Waals surface area contributed by atoms with Crippen molar-refractivity contribution >= 4 is 21.9 Å². The van der Waals surface area contributed by atoms with Crippen molar-refractivity contribution in [3.05, 3.63) is 29.8 Å². The number of hydrogen-bond donors (Lipinski definition) is 2. The highest BCUT2D eigenvalue weighted by Crippen LogP contribution is 2.14. The number of carboxylic acid groups (broad SMARTS) is 1. The smallest absolute Gasteiger partial charge is 0.305 e. The molecule has 0 unspecified atom stereocenters. The Morgan fingerprint density at radius 1 is 1.36 bits per heavy atom. The fourth-order valence-electron chi connectivity index (χ4n) is 2.15. The fraction of sp³-hybridized carbons (Fsp3) is 0.412. The molecule has 7 nitrogen and oxygen atoms in total. The number of amides is 1. The molecule has 1 aromatic carbocycles. The molecule has 0 aromatic heterocycles. The summed E-state index contributed by atoms with van der Waals surface area (Å²) in [6.07, 6.45) is 4.87. The minimum Gasteiger partial charge on any atom is -0.481 e. The van der Waals surface area contributed by atoms with Gasteiger partial charge in [-0.3, -0.25) is 9.59 Å². The van der Waals surface area contributed by atoms with Gasteiger partial charge in [-0.25, -0.2) is 8.42 Å². The fourth-order valence-corrected chi connectivity index (χ4v) is 3.13. The Hall–Kier alpha value is -2.37. The van der Waals surface area contributed by atoms with Gasteiger partial charge >= 0.3 is 5.97 Å². The van der Waals surface area contributed by atoms with Gasteiger partial charge in [0.15, 0.2) is 0 Å². The van der Waals surface area contributed by atoms with Gasteiger partial charge in [0.2, 0.25) is 10.0 Å². The van der Waals surface area contributed by atoms with E-state index in [0.717, 1.165) is 0 Å². The van der Waals surface area contributed by atoms with E-state index in [-0.39, 0.29) is 35.9 Å². The number of carboxylic acids is 1. The zero-order valence-corrected chi connectivity index (χ0v) is 15.0. The average molecular weight is 366 g/mol. The van der Waals surface area contributed by atoms with Gasteiger partial charge < -0.3 is 10.0 Å². The van der Waals surface area contributed by atoms with E-state index in [1.807, 2.05) is 13.8 Å². The molecule has 0 aliphatic heterocycles. The van der Waals surface area contributed by atoms with Crippen LogP contribution in [0.25, 0.3) is 0 Å². The van der Waals surface area contributed by atoms with Gasteiger partial charge in [0, 0.05) is 18.7 Å². The lowest BCUT2D eigenvalue weighted by atomic mass is 10.1. The van der Waals surface area contributed by atoms with Gasteiger partial charge in [-0.2, -0.15) is 4.72 Å². The summed E-state index contributed by atoms with van der Waals surface area (Å²) in [5.41, 5.74) is 0.176. The van der Waals surface area contributed by atoms with Crippen LogP contribution in [-0.4, -0.2) is 49.9 Å². The highest BCUT2D eigenvalue weighted by molar-refractivity contribution is 7.89. The molecule has 2 N–H and O–H groups in total. The Kier molecular flexibility index (Phi) is 7.61. The van der Waals surface area contributed by atoms with Crippen molar-refractivity contribution in [2.75, 3.05) is 19.6 Å². The third-order valence-electron chi connectivity index (χ3n) is 3.22. The highest BCUT2D eigenvalue weighted by atomic mass is 32.2. The summed E-state index contributed by atoms with van der Waals surface area (Å²) in [4.78, 5) is 24.8. The molecule has 25 heavy (non-hydrogen) atoms. The van der Waals surface area contributed by atoms with Crippen molar-refractivity contribution in [2.24, 2.45) is 5.92 Å². The minimum absolute atomic E-state index is 0.0542. The SMILES string of the molecule is C#CCNS(=O)(=O)c1cccc(C(=O)N(CCC(=O)O)CC(C)C)c1. The Bertz CT molecular complexity index is 765. The number of benzene rings is 1. The summed E-state index contributed by atoms with van der Waals surface area (Å²) in [5.74, 6) is 0.901. The molecule has 0 saturated carbocycles. The molecular weight excluding hydrogens is 344 g/mol. The Balaban J connectivity index is 3.08. The van der Waals surface area contributed by atoms with Gasteiger partial charge in [-0.15, -0.1) is 6.42 Å². The lowest BCUT2D eigenvalue weighted by Crippen LogP contribution is -2.36. The van der Waals surface area contributed by atoms with E-state index >= 15 is 0 Å². The molecule has 0 bridgehead atoms. The van der Waals surface area contributed by atoms with E-state index in [4.69, 9.17) is 11.5 Å². The molecule has 0 heterocycles. The molecule has 136 valence electrons. The summed E-state index contributed by atoms with van der Waals surface area (Å²) in [6, 6.07) is 5.58. The molecule has 0 atom stereocenters. The van der Waals surface area contributed by atoms with Crippen molar-refractivity contribution in [3.8, 4) is 12.3 Å². The molecule has 1 amide bonds. The second-order valence-electron chi connectivity index (χ2n) is 5.85. The van der Waals surface area contributed by atoms with Crippen LogP contribution < -0.4 is 4.72 Å². The second-order valence-corrected chi connectivity index (χ2v) is 7.61. The minimum atomic E-state index is -3.81. The Morgan fingerprint density at radius 2 is 2.04 bits per heavy atom. The topological polar surface area (TPSA) is 104 Å². The zero-order chi connectivity index (χ0) is 19.0. The largest absolute Gasteiger partial charge is 0.481 e. The predicted octanol–water partition coefficient (Wildman–Crippen LogP) is 1.17. The third-order valence-corrected chi connectivity index (χ3v) is 4.62. The maximum Gasteiger partial charge on any atom is 0.305 e. The summed E-state index contributed by atoms with van der Waals surface area (Å²) < 4.78 is 26.5. The monoisotopic (exact) mass is 366 g/mol. The van der Waals surface area contributed by atoms with Gasteiger partial charge in [0.1, 0.15) is 0 Å². The van der Waals surface area contributed by atoms with E-state index in [9.17, 15) is 18.0 Å². The Labute approximate surface area is 148 Å². The van der Waals surface area contributed by atoms with E-state index < -0.39 is 21.9 Å². The maximum atomic E-state index is 12.7. The van der Waals surface area contributed by atoms with E-state index in [1.165, 1.54) is 29.2 Å². The standard InChI is InChI=1S/C17H22N2O5S/c1-4-9-18-25(23,24)15-7-5-6-14(11-15)17(22)19(12-13(2)3)10-8-16(20)21/h1,5-7,11,13,18H,8-10,12H2,2-3H3,(H,20,21). The summed E-state index contributed by atoms with van der Waals surface area (Å²) in [6.45, 7) is 4.09. The van der Waals surface area contributed by atoms with Crippen LogP contribution in [0, 0.1) is 18.3 Å². The van der Waals surface area contributed by atoms with E-state index in [1.54, 1.807) is 0 Å². The predicted molar refractivity (Wildman–Crippen MR) is 93.5 cm³/mol. The van der Waals surface area contributed by atoms with E-state index in [2.05, 4.69) is 10.6 Å². The van der Waals surface area contributed by atoms with Crippen molar-refractivity contribution in [1.29, 1.82) is 0 Å². The quantitative estimate of drug-likeness (QED) is 0.639. The van der Waals surface area contributed by atoms with Crippen LogP contribution in [0.3, 0.4) is 0 Å². The second kappa shape index (κ2) is 9.20. The number of sulfonamides is 1. The first kappa shape index (κ1) is 20.7. The lowest BCUT2D eigenvalue weighted by Gasteiger charge is -2.24. The molecule has 0 fully saturated rings. The number of hydrogen-bond acceptors (Lipinski definition) is 4. The van der Waals surface area contributed by atoms with Crippen LogP contribution in [0.4, 0.5) is 0 Å². The van der Waals surface area contributed by atoms with Gasteiger partial charge in [-0.1, -0.05) is 25.8 Å². The molecule has 0 spiro atoms. The van der Waals surface area contributed by atoms with Gasteiger partial charge in [0.05, 0.1) is 17.9 Å². The third kappa shape index (κ3) is 6.57. The average Bonchev–Trinajstić information content (AvgIpc) is 2.56. The van der Waals surface area contributed by atoms with Crippen molar-refractivity contribution in [1.82, 2.24) is 9.62 Å². The molecule has 1 aromatic rings. The number of carbonyl (C=O) groups excluding carboxylic acids is 1. The van der Waals surface area contributed by atoms with Crippen LogP contribution in [0.2, 0.25) is 0 Å². The number of terminal acetylenes is 1. The van der Waals surface area contributed by atoms with Crippen molar-refractivity contribution < 1.29 is 23.1 Å². The summed E-state index contributed by atoms with van der Waals surface area (Å²) in [5, 5.41) is 8.84. The van der Waals surface area contributed by atoms with Crippen LogP contribution in [0.5, 0.6) is 0 Å². The van der Waals surface area contributed by atoms with Gasteiger partial charge in [-0.05, 0) is 24.1 Å². The molecule has 0 aliphatic carbocycles. The number of aliphatic carboxylic acids is 1. The number of rotatable bonds is 9. The number of carbonyl (C=O) groups is 2. The van der Waals surface area contributed by atoms with Crippen LogP contribution in [0.1, 0.15) is 30.6 Å². The van der Waals surface area contributed by atoms with Gasteiger partial charge in [0.25, 0.3) is 5.91 Å². The van der Waals surface area contributed by atoms with Crippen LogP contribution in [-0.2, 0) is 14.8 Å². The Morgan fingerprint density at radius 3 is 2.60 bits per heavy atom. The van der Waals surface area contributed by atoms with Crippen LogP contribution >= 0.6 is 0 Å². The first-order valence-corrected chi connectivity index (χ1v) is 9.20. The normalized spacial score (nSPS) is 11.1. The zero-order valence-electron chi connectivity index (χ0n) is 14.2. The number of nitrogens with zero attached hydrogens (tertiary/aromatic N) is 1. The maximum absolute atomic E-state index is 12.7. The first-order chi connectivity index (χ1) is 11.7.